The monoisotopic (exact) mass is 630 g/mol. The van der Waals surface area contributed by atoms with Crippen molar-refractivity contribution < 1.29 is 0 Å². The number of fused-ring (bicyclic) bond motifs is 2. The molecule has 0 aliphatic carbocycles. The van der Waals surface area contributed by atoms with Gasteiger partial charge in [-0.15, -0.1) is 0 Å². The molecule has 0 radical (unpaired) electrons. The number of hydrogen-bond acceptors (Lipinski definition) is 3. The van der Waals surface area contributed by atoms with Gasteiger partial charge >= 0.3 is 0 Å². The molecular weight excluding hydrogens is 597 g/mol. The molecule has 0 amide bonds. The van der Waals surface area contributed by atoms with Gasteiger partial charge in [0.2, 0.25) is 0 Å². The molecule has 0 bridgehead atoms. The molecule has 0 aliphatic heterocycles. The first-order chi connectivity index (χ1) is 24.2. The molecule has 49 heavy (non-hydrogen) atoms. The molecule has 0 atom stereocenters. The SMILES string of the molecule is C/C=C(\C=C/N)c1c2ccccc2c(-c2ccncc2)c2nc(-c3cc(-c4ccccc4)cc(-c4ccccc4)c3)n(-c3ccccc3)c12. The van der Waals surface area contributed by atoms with E-state index in [1.54, 1.807) is 6.20 Å². The first-order valence-electron chi connectivity index (χ1n) is 16.5. The summed E-state index contributed by atoms with van der Waals surface area (Å²) >= 11 is 0. The molecule has 0 saturated carbocycles. The molecule has 0 fully saturated rings. The van der Waals surface area contributed by atoms with E-state index in [4.69, 9.17) is 10.7 Å². The van der Waals surface area contributed by atoms with Gasteiger partial charge in [-0.05, 0) is 106 Å². The molecule has 8 rings (SSSR count). The van der Waals surface area contributed by atoms with E-state index < -0.39 is 0 Å². The normalized spacial score (nSPS) is 11.9. The molecule has 4 heteroatoms. The van der Waals surface area contributed by atoms with E-state index in [0.29, 0.717) is 0 Å². The first kappa shape index (κ1) is 29.9. The van der Waals surface area contributed by atoms with Crippen molar-refractivity contribution in [2.75, 3.05) is 0 Å². The van der Waals surface area contributed by atoms with Crippen LogP contribution in [0.3, 0.4) is 0 Å². The lowest BCUT2D eigenvalue weighted by Gasteiger charge is -2.18. The van der Waals surface area contributed by atoms with Crippen LogP contribution < -0.4 is 5.73 Å². The zero-order chi connectivity index (χ0) is 33.2. The average Bonchev–Trinajstić information content (AvgIpc) is 3.57. The largest absolute Gasteiger partial charge is 0.405 e. The molecule has 4 nitrogen and oxygen atoms in total. The van der Waals surface area contributed by atoms with Crippen LogP contribution in [0.1, 0.15) is 12.5 Å². The van der Waals surface area contributed by atoms with Crippen LogP contribution in [0.15, 0.2) is 176 Å². The van der Waals surface area contributed by atoms with Gasteiger partial charge in [0.25, 0.3) is 0 Å². The molecule has 2 aromatic heterocycles. The van der Waals surface area contributed by atoms with Gasteiger partial charge in [-0.2, -0.15) is 0 Å². The number of imidazole rings is 1. The Bertz CT molecular complexity index is 2420. The molecular formula is C45H34N4. The van der Waals surface area contributed by atoms with Gasteiger partial charge in [0.15, 0.2) is 0 Å². The average molecular weight is 631 g/mol. The third-order valence-electron chi connectivity index (χ3n) is 9.08. The summed E-state index contributed by atoms with van der Waals surface area (Å²) in [6, 6.07) is 51.2. The van der Waals surface area contributed by atoms with E-state index in [0.717, 1.165) is 83.4 Å². The third-order valence-corrected chi connectivity index (χ3v) is 9.08. The number of aromatic nitrogens is 3. The maximum Gasteiger partial charge on any atom is 0.145 e. The summed E-state index contributed by atoms with van der Waals surface area (Å²) in [4.78, 5) is 10.0. The minimum absolute atomic E-state index is 0.857. The van der Waals surface area contributed by atoms with Gasteiger partial charge in [0.1, 0.15) is 5.82 Å². The predicted octanol–water partition coefficient (Wildman–Crippen LogP) is 11.1. The number of para-hydroxylation sites is 1. The summed E-state index contributed by atoms with van der Waals surface area (Å²) in [5.41, 5.74) is 18.9. The van der Waals surface area contributed by atoms with Crippen LogP contribution in [0.5, 0.6) is 0 Å². The number of hydrogen-bond donors (Lipinski definition) is 1. The fourth-order valence-electron chi connectivity index (χ4n) is 6.90. The molecule has 0 aliphatic rings. The Labute approximate surface area is 286 Å². The van der Waals surface area contributed by atoms with Gasteiger partial charge in [0, 0.05) is 34.8 Å². The quantitative estimate of drug-likeness (QED) is 0.178. The molecule has 0 unspecified atom stereocenters. The maximum atomic E-state index is 6.09. The van der Waals surface area contributed by atoms with Crippen LogP contribution in [-0.2, 0) is 0 Å². The van der Waals surface area contributed by atoms with Crippen molar-refractivity contribution in [2.45, 2.75) is 6.92 Å². The van der Waals surface area contributed by atoms with E-state index >= 15 is 0 Å². The highest BCUT2D eigenvalue weighted by Gasteiger charge is 2.25. The van der Waals surface area contributed by atoms with Crippen LogP contribution in [0.4, 0.5) is 0 Å². The zero-order valence-electron chi connectivity index (χ0n) is 27.2. The third kappa shape index (κ3) is 5.39. The van der Waals surface area contributed by atoms with Gasteiger partial charge in [-0.3, -0.25) is 9.55 Å². The fraction of sp³-hybridized carbons (Fsp3) is 0.0222. The minimum atomic E-state index is 0.857. The Balaban J connectivity index is 1.58. The summed E-state index contributed by atoms with van der Waals surface area (Å²) < 4.78 is 2.33. The number of nitrogens with zero attached hydrogens (tertiary/aromatic N) is 3. The van der Waals surface area contributed by atoms with Crippen LogP contribution in [-0.4, -0.2) is 14.5 Å². The highest BCUT2D eigenvalue weighted by molar-refractivity contribution is 6.18. The predicted molar refractivity (Wildman–Crippen MR) is 205 cm³/mol. The number of pyridine rings is 1. The Morgan fingerprint density at radius 1 is 0.592 bits per heavy atom. The van der Waals surface area contributed by atoms with Crippen LogP contribution in [0.2, 0.25) is 0 Å². The van der Waals surface area contributed by atoms with E-state index in [-0.39, 0.29) is 0 Å². The number of allylic oxidation sites excluding steroid dienone is 3. The topological polar surface area (TPSA) is 56.7 Å². The van der Waals surface area contributed by atoms with Gasteiger partial charge < -0.3 is 5.73 Å². The molecule has 0 saturated heterocycles. The fourth-order valence-corrected chi connectivity index (χ4v) is 6.90. The maximum absolute atomic E-state index is 6.09. The first-order valence-corrected chi connectivity index (χ1v) is 16.5. The molecule has 2 heterocycles. The van der Waals surface area contributed by atoms with E-state index in [1.807, 2.05) is 18.5 Å². The number of rotatable bonds is 7. The van der Waals surface area contributed by atoms with Crippen molar-refractivity contribution in [3.63, 3.8) is 0 Å². The second-order valence-electron chi connectivity index (χ2n) is 12.0. The summed E-state index contributed by atoms with van der Waals surface area (Å²) in [6.45, 7) is 2.06. The van der Waals surface area contributed by atoms with Crippen molar-refractivity contribution in [2.24, 2.45) is 5.73 Å². The van der Waals surface area contributed by atoms with Crippen molar-refractivity contribution in [1.82, 2.24) is 14.5 Å². The van der Waals surface area contributed by atoms with Crippen LogP contribution in [0.25, 0.3) is 77.8 Å². The van der Waals surface area contributed by atoms with Crippen molar-refractivity contribution >= 4 is 27.4 Å². The smallest absolute Gasteiger partial charge is 0.145 e. The summed E-state index contributed by atoms with van der Waals surface area (Å²) in [5, 5.41) is 2.24. The Morgan fingerprint density at radius 3 is 1.73 bits per heavy atom. The highest BCUT2D eigenvalue weighted by Crippen LogP contribution is 2.45. The molecule has 234 valence electrons. The number of benzene rings is 6. The van der Waals surface area contributed by atoms with Gasteiger partial charge in [0.05, 0.1) is 11.0 Å². The zero-order valence-corrected chi connectivity index (χ0v) is 27.2. The minimum Gasteiger partial charge on any atom is -0.405 e. The van der Waals surface area contributed by atoms with Crippen LogP contribution >= 0.6 is 0 Å². The lowest BCUT2D eigenvalue weighted by molar-refractivity contribution is 1.10. The van der Waals surface area contributed by atoms with Crippen molar-refractivity contribution in [3.05, 3.63) is 182 Å². The van der Waals surface area contributed by atoms with Gasteiger partial charge in [-0.25, -0.2) is 4.98 Å². The highest BCUT2D eigenvalue weighted by atomic mass is 15.1. The molecule has 2 N–H and O–H groups in total. The lowest BCUT2D eigenvalue weighted by atomic mass is 9.90. The van der Waals surface area contributed by atoms with Gasteiger partial charge in [-0.1, -0.05) is 109 Å². The van der Waals surface area contributed by atoms with E-state index in [1.165, 1.54) is 0 Å². The second kappa shape index (κ2) is 12.9. The Morgan fingerprint density at radius 2 is 1.14 bits per heavy atom. The second-order valence-corrected chi connectivity index (χ2v) is 12.0. The van der Waals surface area contributed by atoms with Crippen molar-refractivity contribution in [1.29, 1.82) is 0 Å². The van der Waals surface area contributed by atoms with Crippen LogP contribution in [0, 0.1) is 0 Å². The summed E-state index contributed by atoms with van der Waals surface area (Å²) in [7, 11) is 0. The summed E-state index contributed by atoms with van der Waals surface area (Å²) in [6.07, 6.45) is 9.43. The molecule has 6 aromatic carbocycles. The summed E-state index contributed by atoms with van der Waals surface area (Å²) in [5.74, 6) is 0.857. The van der Waals surface area contributed by atoms with E-state index in [9.17, 15) is 0 Å². The lowest BCUT2D eigenvalue weighted by Crippen LogP contribution is -2.01. The Hall–Kier alpha value is -6.52. The Kier molecular flexibility index (Phi) is 7.88. The number of nitrogens with two attached hydrogens (primary N) is 1. The molecule has 8 aromatic rings. The van der Waals surface area contributed by atoms with E-state index in [2.05, 4.69) is 168 Å². The molecule has 0 spiro atoms. The standard InChI is InChI=1S/C45H34N4/c1-2-31(22-25-46)42-40-21-13-12-20-39(40)41(34-23-26-47-27-24-34)43-44(42)49(38-18-10-5-11-19-38)45(48-43)37-29-35(32-14-6-3-7-15-32)28-36(30-37)33-16-8-4-9-17-33/h2-30H,46H2,1H3/b25-22-,31-2+. The van der Waals surface area contributed by atoms with Crippen molar-refractivity contribution in [3.8, 4) is 50.5 Å².